The van der Waals surface area contributed by atoms with Gasteiger partial charge in [-0.3, -0.25) is 4.98 Å². The number of nitrogens with one attached hydrogen (secondary N) is 1. The summed E-state index contributed by atoms with van der Waals surface area (Å²) in [6.07, 6.45) is 6.61. The molecule has 0 fully saturated rings. The second-order valence-electron chi connectivity index (χ2n) is 6.21. The van der Waals surface area contributed by atoms with Crippen molar-refractivity contribution in [3.63, 3.8) is 0 Å². The highest BCUT2D eigenvalue weighted by molar-refractivity contribution is 5.51. The predicted octanol–water partition coefficient (Wildman–Crippen LogP) is 2.79. The van der Waals surface area contributed by atoms with E-state index in [2.05, 4.69) is 32.6 Å². The average molecular weight is 336 g/mol. The van der Waals surface area contributed by atoms with E-state index in [0.717, 1.165) is 30.6 Å². The third-order valence-electron chi connectivity index (χ3n) is 4.57. The molecule has 128 valence electrons. The Balaban J connectivity index is 1.38. The lowest BCUT2D eigenvalue weighted by molar-refractivity contribution is 0.349. The van der Waals surface area contributed by atoms with Gasteiger partial charge in [0, 0.05) is 24.0 Å². The van der Waals surface area contributed by atoms with E-state index < -0.39 is 0 Å². The third kappa shape index (κ3) is 3.53. The molecule has 3 aromatic rings. The fourth-order valence-electron chi connectivity index (χ4n) is 3.21. The molecule has 1 aliphatic rings. The lowest BCUT2D eigenvalue weighted by atomic mass is 9.88. The van der Waals surface area contributed by atoms with Crippen molar-refractivity contribution in [2.45, 2.75) is 31.8 Å². The summed E-state index contributed by atoms with van der Waals surface area (Å²) in [6, 6.07) is 10.5. The molecule has 2 aromatic heterocycles. The molecule has 0 radical (unpaired) electrons. The molecule has 0 unspecified atom stereocenters. The number of aromatic nitrogens is 3. The van der Waals surface area contributed by atoms with Crippen LogP contribution in [0.5, 0.6) is 5.75 Å². The summed E-state index contributed by atoms with van der Waals surface area (Å²) < 4.78 is 10.7. The summed E-state index contributed by atoms with van der Waals surface area (Å²) in [4.78, 5) is 8.51. The van der Waals surface area contributed by atoms with Crippen molar-refractivity contribution in [2.24, 2.45) is 0 Å². The van der Waals surface area contributed by atoms with Crippen LogP contribution in [0.15, 0.2) is 47.2 Å². The second kappa shape index (κ2) is 7.03. The molecule has 1 aromatic carbocycles. The number of nitrogens with zero attached hydrogens (tertiary/aromatic N) is 3. The lowest BCUT2D eigenvalue weighted by Crippen LogP contribution is -2.34. The summed E-state index contributed by atoms with van der Waals surface area (Å²) >= 11 is 0. The van der Waals surface area contributed by atoms with E-state index in [9.17, 15) is 0 Å². The van der Waals surface area contributed by atoms with Crippen molar-refractivity contribution in [1.29, 1.82) is 0 Å². The normalized spacial score (nSPS) is 16.4. The molecule has 6 nitrogen and oxygen atoms in total. The molecular formula is C19H20N4O2. The molecule has 25 heavy (non-hydrogen) atoms. The smallest absolute Gasteiger partial charge is 0.240 e. The number of fused-ring (bicyclic) bond motifs is 1. The predicted molar refractivity (Wildman–Crippen MR) is 93.2 cm³/mol. The second-order valence-corrected chi connectivity index (χ2v) is 6.21. The SMILES string of the molecule is COc1ccc2c(c1)C[C@H](NCc1nc(-c3cccnc3)no1)CC2. The van der Waals surface area contributed by atoms with Crippen LogP contribution in [-0.4, -0.2) is 28.3 Å². The summed E-state index contributed by atoms with van der Waals surface area (Å²) in [7, 11) is 1.70. The van der Waals surface area contributed by atoms with Gasteiger partial charge in [-0.15, -0.1) is 0 Å². The first-order chi connectivity index (χ1) is 12.3. The fraction of sp³-hybridized carbons (Fsp3) is 0.316. The molecule has 1 N–H and O–H groups in total. The van der Waals surface area contributed by atoms with E-state index in [1.54, 1.807) is 19.5 Å². The van der Waals surface area contributed by atoms with Gasteiger partial charge in [0.25, 0.3) is 0 Å². The van der Waals surface area contributed by atoms with Crippen LogP contribution in [-0.2, 0) is 19.4 Å². The van der Waals surface area contributed by atoms with Gasteiger partial charge in [0.2, 0.25) is 11.7 Å². The first kappa shape index (κ1) is 15.8. The lowest BCUT2D eigenvalue weighted by Gasteiger charge is -2.25. The van der Waals surface area contributed by atoms with Gasteiger partial charge >= 0.3 is 0 Å². The van der Waals surface area contributed by atoms with Crippen molar-refractivity contribution in [1.82, 2.24) is 20.4 Å². The van der Waals surface area contributed by atoms with Crippen LogP contribution in [0.25, 0.3) is 11.4 Å². The first-order valence-electron chi connectivity index (χ1n) is 8.44. The molecule has 0 amide bonds. The van der Waals surface area contributed by atoms with Crippen LogP contribution in [0.4, 0.5) is 0 Å². The highest BCUT2D eigenvalue weighted by Gasteiger charge is 2.19. The van der Waals surface area contributed by atoms with Crippen LogP contribution in [0.2, 0.25) is 0 Å². The van der Waals surface area contributed by atoms with E-state index >= 15 is 0 Å². The Kier molecular flexibility index (Phi) is 4.43. The topological polar surface area (TPSA) is 73.1 Å². The molecule has 2 heterocycles. The number of ether oxygens (including phenoxy) is 1. The van der Waals surface area contributed by atoms with Crippen LogP contribution in [0.3, 0.4) is 0 Å². The number of aryl methyl sites for hydroxylation is 1. The summed E-state index contributed by atoms with van der Waals surface area (Å²) in [5.74, 6) is 2.08. The van der Waals surface area contributed by atoms with E-state index in [4.69, 9.17) is 9.26 Å². The number of rotatable bonds is 5. The Morgan fingerprint density at radius 2 is 2.24 bits per heavy atom. The fourth-order valence-corrected chi connectivity index (χ4v) is 3.21. The maximum atomic E-state index is 5.34. The standard InChI is InChI=1S/C19H20N4O2/c1-24-17-7-5-13-4-6-16(9-15(13)10-17)21-12-18-22-19(23-25-18)14-3-2-8-20-11-14/h2-3,5,7-8,10-11,16,21H,4,6,9,12H2,1H3/t16-/m1/s1. The van der Waals surface area contributed by atoms with Gasteiger partial charge in [0.15, 0.2) is 0 Å². The summed E-state index contributed by atoms with van der Waals surface area (Å²) in [5, 5.41) is 7.55. The quantitative estimate of drug-likeness (QED) is 0.772. The minimum absolute atomic E-state index is 0.397. The number of pyridine rings is 1. The van der Waals surface area contributed by atoms with E-state index in [1.165, 1.54) is 11.1 Å². The Bertz CT molecular complexity index is 848. The van der Waals surface area contributed by atoms with Gasteiger partial charge in [0.1, 0.15) is 5.75 Å². The van der Waals surface area contributed by atoms with Crippen molar-refractivity contribution >= 4 is 0 Å². The van der Waals surface area contributed by atoms with Crippen molar-refractivity contribution in [3.8, 4) is 17.1 Å². The molecule has 1 atom stereocenters. The minimum Gasteiger partial charge on any atom is -0.497 e. The van der Waals surface area contributed by atoms with Gasteiger partial charge in [-0.05, 0) is 54.7 Å². The Hall–Kier alpha value is -2.73. The minimum atomic E-state index is 0.397. The molecule has 0 saturated carbocycles. The van der Waals surface area contributed by atoms with Crippen LogP contribution < -0.4 is 10.1 Å². The average Bonchev–Trinajstić information content (AvgIpc) is 3.15. The zero-order valence-electron chi connectivity index (χ0n) is 14.1. The summed E-state index contributed by atoms with van der Waals surface area (Å²) in [6.45, 7) is 0.567. The molecule has 4 rings (SSSR count). The van der Waals surface area contributed by atoms with Crippen molar-refractivity contribution in [2.75, 3.05) is 7.11 Å². The Morgan fingerprint density at radius 3 is 3.08 bits per heavy atom. The van der Waals surface area contributed by atoms with Gasteiger partial charge in [-0.25, -0.2) is 0 Å². The van der Waals surface area contributed by atoms with Crippen LogP contribution in [0.1, 0.15) is 23.4 Å². The summed E-state index contributed by atoms with van der Waals surface area (Å²) in [5.41, 5.74) is 3.62. The van der Waals surface area contributed by atoms with E-state index in [1.807, 2.05) is 18.2 Å². The van der Waals surface area contributed by atoms with E-state index in [0.29, 0.717) is 24.3 Å². The largest absolute Gasteiger partial charge is 0.497 e. The molecule has 1 aliphatic carbocycles. The van der Waals surface area contributed by atoms with Gasteiger partial charge in [-0.2, -0.15) is 4.98 Å². The maximum absolute atomic E-state index is 5.34. The zero-order chi connectivity index (χ0) is 17.1. The van der Waals surface area contributed by atoms with Crippen LogP contribution in [0, 0.1) is 0 Å². The first-order valence-corrected chi connectivity index (χ1v) is 8.44. The number of hydrogen-bond acceptors (Lipinski definition) is 6. The number of hydrogen-bond donors (Lipinski definition) is 1. The molecule has 0 bridgehead atoms. The highest BCUT2D eigenvalue weighted by Crippen LogP contribution is 2.25. The van der Waals surface area contributed by atoms with Crippen LogP contribution >= 0.6 is 0 Å². The van der Waals surface area contributed by atoms with Crippen molar-refractivity contribution < 1.29 is 9.26 Å². The highest BCUT2D eigenvalue weighted by atomic mass is 16.5. The van der Waals surface area contributed by atoms with E-state index in [-0.39, 0.29) is 0 Å². The van der Waals surface area contributed by atoms with Crippen molar-refractivity contribution in [3.05, 3.63) is 59.7 Å². The van der Waals surface area contributed by atoms with Gasteiger partial charge in [0.05, 0.1) is 13.7 Å². The Morgan fingerprint density at radius 1 is 1.28 bits per heavy atom. The molecule has 0 spiro atoms. The third-order valence-corrected chi connectivity index (χ3v) is 4.57. The van der Waals surface area contributed by atoms with Gasteiger partial charge in [-0.1, -0.05) is 11.2 Å². The molecule has 6 heteroatoms. The number of methoxy groups -OCH3 is 1. The molecule has 0 aliphatic heterocycles. The molecule has 0 saturated heterocycles. The molecular weight excluding hydrogens is 316 g/mol. The Labute approximate surface area is 146 Å². The van der Waals surface area contributed by atoms with Gasteiger partial charge < -0.3 is 14.6 Å². The zero-order valence-corrected chi connectivity index (χ0v) is 14.1. The maximum Gasteiger partial charge on any atom is 0.240 e. The number of benzene rings is 1. The monoisotopic (exact) mass is 336 g/mol.